The van der Waals surface area contributed by atoms with Crippen LogP contribution >= 0.6 is 0 Å². The summed E-state index contributed by atoms with van der Waals surface area (Å²) in [4.78, 5) is 27.8. The Kier molecular flexibility index (Phi) is 7.51. The van der Waals surface area contributed by atoms with Gasteiger partial charge in [-0.1, -0.05) is 44.2 Å². The van der Waals surface area contributed by atoms with E-state index in [1.54, 1.807) is 12.1 Å². The number of benzene rings is 2. The summed E-state index contributed by atoms with van der Waals surface area (Å²) in [5.41, 5.74) is 2.34. The number of likely N-dealkylation sites (tertiary alicyclic amines) is 2. The second-order valence-corrected chi connectivity index (χ2v) is 10.3. The van der Waals surface area contributed by atoms with E-state index in [0.717, 1.165) is 69.9 Å². The van der Waals surface area contributed by atoms with Crippen molar-refractivity contribution in [1.29, 1.82) is 0 Å². The number of amides is 1. The van der Waals surface area contributed by atoms with Gasteiger partial charge in [0.2, 0.25) is 5.91 Å². The van der Waals surface area contributed by atoms with Crippen LogP contribution in [0, 0.1) is 21.4 Å². The van der Waals surface area contributed by atoms with E-state index in [-0.39, 0.29) is 17.0 Å². The predicted molar refractivity (Wildman–Crippen MR) is 132 cm³/mol. The molecule has 2 aliphatic heterocycles. The van der Waals surface area contributed by atoms with Gasteiger partial charge in [0.05, 0.1) is 18.0 Å². The molecule has 2 heterocycles. The smallest absolute Gasteiger partial charge is 0.269 e. The summed E-state index contributed by atoms with van der Waals surface area (Å²) in [6, 6.07) is 14.6. The molecule has 182 valence electrons. The zero-order valence-electron chi connectivity index (χ0n) is 20.2. The highest BCUT2D eigenvalue weighted by Crippen LogP contribution is 2.41. The number of hydrogen-bond acceptors (Lipinski definition) is 5. The average Bonchev–Trinajstić information content (AvgIpc) is 3.24. The Hall–Kier alpha value is -2.93. The second kappa shape index (κ2) is 10.6. The maximum atomic E-state index is 12.9. The molecule has 1 amide bonds. The number of carbonyl (C=O) groups excluding carboxylic acids is 1. The Bertz CT molecular complexity index is 997. The van der Waals surface area contributed by atoms with Gasteiger partial charge in [0.15, 0.2) is 0 Å². The van der Waals surface area contributed by atoms with E-state index in [1.165, 1.54) is 17.7 Å². The topological polar surface area (TPSA) is 75.9 Å². The fourth-order valence-corrected chi connectivity index (χ4v) is 5.04. The molecule has 0 unspecified atom stereocenters. The highest BCUT2D eigenvalue weighted by molar-refractivity contribution is 5.79. The zero-order chi connectivity index (χ0) is 24.1. The number of nitro groups is 1. The lowest BCUT2D eigenvalue weighted by Gasteiger charge is -2.39. The molecule has 0 bridgehead atoms. The number of rotatable bonds is 8. The predicted octanol–water partition coefficient (Wildman–Crippen LogP) is 4.69. The van der Waals surface area contributed by atoms with Crippen LogP contribution in [0.3, 0.4) is 0 Å². The number of carbonyl (C=O) groups is 1. The van der Waals surface area contributed by atoms with Crippen LogP contribution in [0.1, 0.15) is 44.2 Å². The first kappa shape index (κ1) is 24.2. The van der Waals surface area contributed by atoms with Crippen LogP contribution in [-0.4, -0.2) is 53.4 Å². The molecule has 0 aromatic heterocycles. The molecule has 7 nitrogen and oxygen atoms in total. The molecule has 2 fully saturated rings. The van der Waals surface area contributed by atoms with E-state index in [2.05, 4.69) is 36.9 Å². The Balaban J connectivity index is 1.28. The van der Waals surface area contributed by atoms with E-state index in [0.29, 0.717) is 12.3 Å². The fraction of sp³-hybridized carbons (Fsp3) is 0.519. The lowest BCUT2D eigenvalue weighted by atomic mass is 9.77. The van der Waals surface area contributed by atoms with Gasteiger partial charge in [-0.2, -0.15) is 0 Å². The summed E-state index contributed by atoms with van der Waals surface area (Å²) in [7, 11) is 0. The molecule has 34 heavy (non-hydrogen) atoms. The molecule has 2 aromatic carbocycles. The quantitative estimate of drug-likeness (QED) is 0.418. The molecular formula is C27H35N3O4. The zero-order valence-corrected chi connectivity index (χ0v) is 20.2. The summed E-state index contributed by atoms with van der Waals surface area (Å²) in [5, 5.41) is 10.8. The number of nitrogens with zero attached hydrogens (tertiary/aromatic N) is 3. The van der Waals surface area contributed by atoms with E-state index >= 15 is 0 Å². The summed E-state index contributed by atoms with van der Waals surface area (Å²) in [6.45, 7) is 9.63. The first-order chi connectivity index (χ1) is 16.3. The van der Waals surface area contributed by atoms with Gasteiger partial charge in [-0.25, -0.2) is 0 Å². The van der Waals surface area contributed by atoms with Gasteiger partial charge in [0.1, 0.15) is 5.75 Å². The van der Waals surface area contributed by atoms with Gasteiger partial charge in [-0.3, -0.25) is 19.8 Å². The van der Waals surface area contributed by atoms with Crippen LogP contribution < -0.4 is 4.74 Å². The van der Waals surface area contributed by atoms with Crippen molar-refractivity contribution in [2.24, 2.45) is 11.3 Å². The van der Waals surface area contributed by atoms with Crippen LogP contribution in [0.25, 0.3) is 0 Å². The normalized spacial score (nSPS) is 17.9. The third-order valence-electron chi connectivity index (χ3n) is 7.15. The van der Waals surface area contributed by atoms with E-state index in [9.17, 15) is 14.9 Å². The first-order valence-corrected chi connectivity index (χ1v) is 12.3. The average molecular weight is 466 g/mol. The largest absolute Gasteiger partial charge is 0.493 e. The van der Waals surface area contributed by atoms with Crippen LogP contribution in [0.15, 0.2) is 48.5 Å². The lowest BCUT2D eigenvalue weighted by Crippen LogP contribution is -2.42. The minimum atomic E-state index is -0.417. The van der Waals surface area contributed by atoms with Crippen molar-refractivity contribution >= 4 is 11.6 Å². The third kappa shape index (κ3) is 5.95. The summed E-state index contributed by atoms with van der Waals surface area (Å²) >= 11 is 0. The Morgan fingerprint density at radius 1 is 1.06 bits per heavy atom. The molecular weight excluding hydrogens is 430 g/mol. The van der Waals surface area contributed by atoms with Gasteiger partial charge in [0.25, 0.3) is 5.69 Å². The minimum Gasteiger partial charge on any atom is -0.493 e. The van der Waals surface area contributed by atoms with Gasteiger partial charge < -0.3 is 9.64 Å². The van der Waals surface area contributed by atoms with Crippen molar-refractivity contribution in [3.8, 4) is 5.75 Å². The molecule has 2 aromatic rings. The van der Waals surface area contributed by atoms with Gasteiger partial charge in [0, 0.05) is 37.3 Å². The number of piperidine rings is 1. The van der Waals surface area contributed by atoms with Crippen molar-refractivity contribution < 1.29 is 14.5 Å². The van der Waals surface area contributed by atoms with Crippen LogP contribution in [0.4, 0.5) is 5.69 Å². The van der Waals surface area contributed by atoms with Crippen molar-refractivity contribution in [2.75, 3.05) is 32.8 Å². The van der Waals surface area contributed by atoms with Crippen molar-refractivity contribution in [2.45, 2.75) is 46.1 Å². The summed E-state index contributed by atoms with van der Waals surface area (Å²) in [6.07, 6.45) is 3.56. The number of ether oxygens (including phenoxy) is 1. The molecule has 4 rings (SSSR count). The van der Waals surface area contributed by atoms with Crippen molar-refractivity contribution in [1.82, 2.24) is 9.80 Å². The Morgan fingerprint density at radius 3 is 2.41 bits per heavy atom. The monoisotopic (exact) mass is 465 g/mol. The molecule has 7 heteroatoms. The van der Waals surface area contributed by atoms with E-state index < -0.39 is 4.92 Å². The first-order valence-electron chi connectivity index (χ1n) is 12.3. The van der Waals surface area contributed by atoms with Crippen molar-refractivity contribution in [3.63, 3.8) is 0 Å². The molecule has 1 spiro atoms. The van der Waals surface area contributed by atoms with E-state index in [4.69, 9.17) is 4.74 Å². The molecule has 0 aliphatic carbocycles. The number of para-hydroxylation sites is 1. The number of hydrogen-bond donors (Lipinski definition) is 0. The Labute approximate surface area is 201 Å². The molecule has 0 N–H and O–H groups in total. The highest BCUT2D eigenvalue weighted by atomic mass is 16.6. The summed E-state index contributed by atoms with van der Waals surface area (Å²) in [5.74, 6) is 1.60. The van der Waals surface area contributed by atoms with Crippen LogP contribution in [-0.2, 0) is 17.8 Å². The Morgan fingerprint density at radius 2 is 1.74 bits per heavy atom. The number of nitro benzene ring substituents is 1. The highest BCUT2D eigenvalue weighted by Gasteiger charge is 2.41. The van der Waals surface area contributed by atoms with Crippen LogP contribution in [0.2, 0.25) is 0 Å². The maximum Gasteiger partial charge on any atom is 0.269 e. The van der Waals surface area contributed by atoms with E-state index in [1.807, 2.05) is 11.0 Å². The molecule has 2 aliphatic rings. The third-order valence-corrected chi connectivity index (χ3v) is 7.15. The molecule has 0 radical (unpaired) electrons. The second-order valence-electron chi connectivity index (χ2n) is 10.3. The maximum absolute atomic E-state index is 12.9. The fourth-order valence-electron chi connectivity index (χ4n) is 5.04. The van der Waals surface area contributed by atoms with Gasteiger partial charge in [-0.15, -0.1) is 0 Å². The standard InChI is InChI=1S/C27H35N3O4/c1-21(2)19-34-25-6-4-3-5-23(25)18-28-14-11-27(12-15-28)13-16-29(20-27)26(31)17-22-7-9-24(10-8-22)30(32)33/h3-10,21H,11-20H2,1-2H3. The van der Waals surface area contributed by atoms with Gasteiger partial charge in [-0.05, 0) is 55.3 Å². The van der Waals surface area contributed by atoms with Gasteiger partial charge >= 0.3 is 0 Å². The SMILES string of the molecule is CC(C)COc1ccccc1CN1CCC2(CC1)CCN(C(=O)Cc1ccc([N+](=O)[O-])cc1)C2. The molecule has 2 saturated heterocycles. The molecule has 0 saturated carbocycles. The minimum absolute atomic E-state index is 0.0530. The summed E-state index contributed by atoms with van der Waals surface area (Å²) < 4.78 is 6.04. The number of non-ortho nitro benzene ring substituents is 1. The van der Waals surface area contributed by atoms with Crippen LogP contribution in [0.5, 0.6) is 5.75 Å². The molecule has 0 atom stereocenters. The van der Waals surface area contributed by atoms with Crippen molar-refractivity contribution in [3.05, 3.63) is 69.8 Å². The lowest BCUT2D eigenvalue weighted by molar-refractivity contribution is -0.384.